The highest BCUT2D eigenvalue weighted by molar-refractivity contribution is 8.02. The number of rotatable bonds is 1. The normalized spacial score (nSPS) is 7.67. The average molecular weight is 124 g/mol. The molecular weight excluding hydrogens is 123 g/mol. The molecule has 0 aliphatic heterocycles. The van der Waals surface area contributed by atoms with Crippen molar-refractivity contribution in [3.63, 3.8) is 0 Å². The van der Waals surface area contributed by atoms with E-state index in [0.717, 1.165) is 0 Å². The maximum atomic E-state index is 11.1. The molecule has 0 heterocycles. The second-order valence-electron chi connectivity index (χ2n) is 0.579. The molecule has 0 bridgehead atoms. The van der Waals surface area contributed by atoms with Crippen LogP contribution in [0.1, 0.15) is 0 Å². The molecule has 0 aromatic rings. The highest BCUT2D eigenvalue weighted by Crippen LogP contribution is 1.84. The Balaban J connectivity index is 3.57. The molecule has 0 N–H and O–H groups in total. The van der Waals surface area contributed by atoms with E-state index < -0.39 is 10.2 Å². The van der Waals surface area contributed by atoms with Crippen LogP contribution in [0.5, 0.6) is 0 Å². The number of carbonyl (C=O) groups excluding carboxylic acids is 1. The molecule has 0 saturated heterocycles. The third-order valence-corrected chi connectivity index (χ3v) is 0.701. The molecule has 0 rings (SSSR count). The number of thiol groups is 1. The van der Waals surface area contributed by atoms with Crippen molar-refractivity contribution in [1.82, 2.24) is 0 Å². The van der Waals surface area contributed by atoms with Crippen LogP contribution >= 0.6 is 24.8 Å². The first-order valence-corrected chi connectivity index (χ1v) is 1.93. The van der Waals surface area contributed by atoms with Crippen molar-refractivity contribution in [2.24, 2.45) is 0 Å². The molecule has 0 aliphatic rings. The minimum Gasteiger partial charge on any atom is -0.278 e. The molecular formula is C2HFOS2. The molecule has 6 heavy (non-hydrogen) atoms. The van der Waals surface area contributed by atoms with Gasteiger partial charge in [0.15, 0.2) is 0 Å². The first kappa shape index (κ1) is 6.04. The summed E-state index contributed by atoms with van der Waals surface area (Å²) >= 11 is 6.76. The maximum Gasteiger partial charge on any atom is 0.255 e. The monoisotopic (exact) mass is 124 g/mol. The molecule has 0 radical (unpaired) electrons. The summed E-state index contributed by atoms with van der Waals surface area (Å²) in [4.78, 5) is 9.49. The van der Waals surface area contributed by atoms with Crippen LogP contribution in [-0.4, -0.2) is 10.2 Å². The minimum atomic E-state index is -1.18. The fourth-order valence-corrected chi connectivity index (χ4v) is 0. The van der Waals surface area contributed by atoms with Gasteiger partial charge in [0.1, 0.15) is 0 Å². The largest absolute Gasteiger partial charge is 0.278 e. The highest BCUT2D eigenvalue weighted by atomic mass is 32.1. The number of carbonyl (C=O) groups is 1. The van der Waals surface area contributed by atoms with Gasteiger partial charge >= 0.3 is 0 Å². The third kappa shape index (κ3) is 2.29. The van der Waals surface area contributed by atoms with Gasteiger partial charge in [-0.05, 0) is 12.2 Å². The van der Waals surface area contributed by atoms with Crippen molar-refractivity contribution in [3.8, 4) is 0 Å². The van der Waals surface area contributed by atoms with E-state index in [2.05, 4.69) is 24.8 Å². The lowest BCUT2D eigenvalue weighted by Gasteiger charge is -1.71. The number of hydrogen-bond acceptors (Lipinski definition) is 2. The van der Waals surface area contributed by atoms with Gasteiger partial charge in [-0.25, -0.2) is 0 Å². The third-order valence-electron chi connectivity index (χ3n) is 0.168. The molecule has 0 amide bonds. The number of thiocarbonyl (C=S) groups is 1. The van der Waals surface area contributed by atoms with Crippen LogP contribution in [0.15, 0.2) is 0 Å². The second-order valence-corrected chi connectivity index (χ2v) is 1.34. The van der Waals surface area contributed by atoms with Crippen molar-refractivity contribution in [2.75, 3.05) is 0 Å². The zero-order valence-corrected chi connectivity index (χ0v) is 4.35. The van der Waals surface area contributed by atoms with Gasteiger partial charge in [-0.2, -0.15) is 4.39 Å². The van der Waals surface area contributed by atoms with E-state index in [9.17, 15) is 9.18 Å². The van der Waals surface area contributed by atoms with Gasteiger partial charge in [0.25, 0.3) is 5.12 Å². The van der Waals surface area contributed by atoms with Crippen LogP contribution in [0, 0.1) is 0 Å². The lowest BCUT2D eigenvalue weighted by atomic mass is 10.9. The Morgan fingerprint density at radius 2 is 2.00 bits per heavy atom. The summed E-state index contributed by atoms with van der Waals surface area (Å²) in [6.45, 7) is 0. The molecule has 0 unspecified atom stereocenters. The van der Waals surface area contributed by atoms with Crippen LogP contribution in [0.4, 0.5) is 4.39 Å². The van der Waals surface area contributed by atoms with E-state index in [1.54, 1.807) is 0 Å². The van der Waals surface area contributed by atoms with Gasteiger partial charge < -0.3 is 0 Å². The smallest absolute Gasteiger partial charge is 0.255 e. The highest BCUT2D eigenvalue weighted by Gasteiger charge is 1.96. The Bertz CT molecular complexity index is 77.5. The second kappa shape index (κ2) is 2.25. The lowest BCUT2D eigenvalue weighted by molar-refractivity contribution is -0.105. The summed E-state index contributed by atoms with van der Waals surface area (Å²) in [5.74, 6) is 0. The zero-order chi connectivity index (χ0) is 5.15. The Kier molecular flexibility index (Phi) is 2.27. The van der Waals surface area contributed by atoms with Crippen molar-refractivity contribution < 1.29 is 9.18 Å². The van der Waals surface area contributed by atoms with Gasteiger partial charge in [0.2, 0.25) is 5.12 Å². The molecule has 0 saturated carbocycles. The summed E-state index contributed by atoms with van der Waals surface area (Å²) in [5, 5.41) is -2.16. The van der Waals surface area contributed by atoms with Crippen LogP contribution < -0.4 is 0 Å². The molecule has 0 aromatic carbocycles. The number of hydrogen-bond donors (Lipinski definition) is 1. The zero-order valence-electron chi connectivity index (χ0n) is 2.64. The lowest BCUT2D eigenvalue weighted by Crippen LogP contribution is -1.92. The van der Waals surface area contributed by atoms with Crippen LogP contribution in [-0.2, 0) is 4.79 Å². The van der Waals surface area contributed by atoms with Crippen molar-refractivity contribution in [3.05, 3.63) is 0 Å². The molecule has 0 fully saturated rings. The Hall–Kier alpha value is 0.0400. The molecule has 0 aromatic heterocycles. The molecule has 0 spiro atoms. The summed E-state index contributed by atoms with van der Waals surface area (Å²) in [5.41, 5.74) is 0. The quantitative estimate of drug-likeness (QED) is 0.315. The van der Waals surface area contributed by atoms with Crippen LogP contribution in [0.2, 0.25) is 0 Å². The molecule has 34 valence electrons. The Morgan fingerprint density at radius 1 is 1.83 bits per heavy atom. The Morgan fingerprint density at radius 3 is 2.00 bits per heavy atom. The predicted molar refractivity (Wildman–Crippen MR) is 27.7 cm³/mol. The fraction of sp³-hybridized carbons (Fsp3) is 0. The average Bonchev–Trinajstić information content (AvgIpc) is 1.36. The molecule has 1 nitrogen and oxygen atoms in total. The predicted octanol–water partition coefficient (Wildman–Crippen LogP) is 0.740. The van der Waals surface area contributed by atoms with E-state index in [1.807, 2.05) is 0 Å². The van der Waals surface area contributed by atoms with Gasteiger partial charge in [0.05, 0.1) is 0 Å². The summed E-state index contributed by atoms with van der Waals surface area (Å²) < 4.78 is 11.1. The SMILES string of the molecule is O=C(S)C(F)=S. The van der Waals surface area contributed by atoms with Gasteiger partial charge in [0, 0.05) is 0 Å². The standard InChI is InChI=1S/C2HFOS2/c3-1(5)2(4)6/h(H,4,6). The van der Waals surface area contributed by atoms with Crippen molar-refractivity contribution >= 4 is 35.1 Å². The first-order chi connectivity index (χ1) is 2.64. The topological polar surface area (TPSA) is 17.1 Å². The minimum absolute atomic E-state index is 0.981. The molecule has 4 heteroatoms. The number of halogens is 1. The van der Waals surface area contributed by atoms with Gasteiger partial charge in [-0.1, -0.05) is 12.6 Å². The van der Waals surface area contributed by atoms with Crippen LogP contribution in [0.25, 0.3) is 0 Å². The summed E-state index contributed by atoms with van der Waals surface area (Å²) in [6, 6.07) is 0. The summed E-state index contributed by atoms with van der Waals surface area (Å²) in [6.07, 6.45) is 0. The van der Waals surface area contributed by atoms with Crippen LogP contribution in [0.3, 0.4) is 0 Å². The van der Waals surface area contributed by atoms with Gasteiger partial charge in [-0.3, -0.25) is 4.79 Å². The molecule has 0 atom stereocenters. The van der Waals surface area contributed by atoms with E-state index in [-0.39, 0.29) is 0 Å². The van der Waals surface area contributed by atoms with Crippen molar-refractivity contribution in [2.45, 2.75) is 0 Å². The summed E-state index contributed by atoms with van der Waals surface area (Å²) in [7, 11) is 0. The van der Waals surface area contributed by atoms with Crippen molar-refractivity contribution in [1.29, 1.82) is 0 Å². The van der Waals surface area contributed by atoms with E-state index >= 15 is 0 Å². The van der Waals surface area contributed by atoms with E-state index in [0.29, 0.717) is 0 Å². The van der Waals surface area contributed by atoms with E-state index in [1.165, 1.54) is 0 Å². The first-order valence-electron chi connectivity index (χ1n) is 1.07. The van der Waals surface area contributed by atoms with E-state index in [4.69, 9.17) is 0 Å². The van der Waals surface area contributed by atoms with Gasteiger partial charge in [-0.15, -0.1) is 0 Å². The maximum absolute atomic E-state index is 11.1. The molecule has 0 aliphatic carbocycles. The fourth-order valence-electron chi connectivity index (χ4n) is 0. The Labute approximate surface area is 44.9 Å².